The van der Waals surface area contributed by atoms with E-state index >= 15 is 0 Å². The summed E-state index contributed by atoms with van der Waals surface area (Å²) in [5.41, 5.74) is 0.651. The van der Waals surface area contributed by atoms with Crippen molar-refractivity contribution in [1.29, 1.82) is 0 Å². The number of rotatable bonds is 5. The van der Waals surface area contributed by atoms with E-state index in [9.17, 15) is 9.59 Å². The number of hydrogen-bond acceptors (Lipinski definition) is 4. The lowest BCUT2D eigenvalue weighted by Crippen LogP contribution is -2.41. The number of amides is 2. The van der Waals surface area contributed by atoms with Crippen molar-refractivity contribution in [3.05, 3.63) is 77.0 Å². The molecule has 1 aliphatic rings. The van der Waals surface area contributed by atoms with Gasteiger partial charge < -0.3 is 15.0 Å². The predicted molar refractivity (Wildman–Crippen MR) is 115 cm³/mol. The standard InChI is InChI=1S/C23H22N2O3S/c26-22(17-12-14-25(15-13-17)23(27)21-11-6-16-29-21)24-19-9-4-5-10-20(19)28-18-7-2-1-3-8-18/h1-11,16-17H,12-15H2,(H,24,26). The molecule has 2 amide bonds. The monoisotopic (exact) mass is 406 g/mol. The van der Waals surface area contributed by atoms with Gasteiger partial charge in [0.1, 0.15) is 5.75 Å². The van der Waals surface area contributed by atoms with Crippen molar-refractivity contribution >= 4 is 28.8 Å². The zero-order valence-corrected chi connectivity index (χ0v) is 16.7. The number of carbonyl (C=O) groups is 2. The molecular formula is C23H22N2O3S. The van der Waals surface area contributed by atoms with E-state index in [1.165, 1.54) is 11.3 Å². The number of nitrogens with one attached hydrogen (secondary N) is 1. The number of ether oxygens (including phenoxy) is 1. The zero-order chi connectivity index (χ0) is 20.1. The average molecular weight is 407 g/mol. The minimum Gasteiger partial charge on any atom is -0.455 e. The van der Waals surface area contributed by atoms with Crippen LogP contribution >= 0.6 is 11.3 Å². The van der Waals surface area contributed by atoms with E-state index in [2.05, 4.69) is 5.32 Å². The van der Waals surface area contributed by atoms with Gasteiger partial charge in [-0.15, -0.1) is 11.3 Å². The number of nitrogens with zero attached hydrogens (tertiary/aromatic N) is 1. The predicted octanol–water partition coefficient (Wildman–Crippen LogP) is 5.03. The molecule has 0 radical (unpaired) electrons. The fourth-order valence-corrected chi connectivity index (χ4v) is 4.10. The maximum absolute atomic E-state index is 12.8. The Balaban J connectivity index is 1.36. The highest BCUT2D eigenvalue weighted by Gasteiger charge is 2.28. The van der Waals surface area contributed by atoms with Crippen LogP contribution in [0.4, 0.5) is 5.69 Å². The van der Waals surface area contributed by atoms with Gasteiger partial charge in [0.05, 0.1) is 10.6 Å². The number of benzene rings is 2. The molecule has 29 heavy (non-hydrogen) atoms. The number of para-hydroxylation sites is 3. The fourth-order valence-electron chi connectivity index (χ4n) is 3.41. The normalized spacial score (nSPS) is 14.4. The molecule has 4 rings (SSSR count). The number of anilines is 1. The molecule has 1 aliphatic heterocycles. The minimum atomic E-state index is -0.118. The molecule has 2 heterocycles. The Hall–Kier alpha value is -3.12. The van der Waals surface area contributed by atoms with Crippen LogP contribution in [-0.2, 0) is 4.79 Å². The van der Waals surface area contributed by atoms with Crippen molar-refractivity contribution in [3.8, 4) is 11.5 Å². The van der Waals surface area contributed by atoms with Crippen molar-refractivity contribution in [3.63, 3.8) is 0 Å². The van der Waals surface area contributed by atoms with Crippen molar-refractivity contribution in [1.82, 2.24) is 4.90 Å². The Labute approximate surface area is 173 Å². The number of piperidine rings is 1. The highest BCUT2D eigenvalue weighted by atomic mass is 32.1. The lowest BCUT2D eigenvalue weighted by atomic mass is 9.95. The van der Waals surface area contributed by atoms with Gasteiger partial charge in [-0.2, -0.15) is 0 Å². The Bertz CT molecular complexity index is 965. The second kappa shape index (κ2) is 8.92. The van der Waals surface area contributed by atoms with Crippen LogP contribution in [-0.4, -0.2) is 29.8 Å². The first-order chi connectivity index (χ1) is 14.2. The van der Waals surface area contributed by atoms with Crippen LogP contribution in [0.1, 0.15) is 22.5 Å². The van der Waals surface area contributed by atoms with E-state index in [0.717, 1.165) is 10.6 Å². The number of hydrogen-bond donors (Lipinski definition) is 1. The van der Waals surface area contributed by atoms with Crippen LogP contribution in [0, 0.1) is 5.92 Å². The van der Waals surface area contributed by atoms with Crippen molar-refractivity contribution in [2.75, 3.05) is 18.4 Å². The summed E-state index contributed by atoms with van der Waals surface area (Å²) in [7, 11) is 0. The third kappa shape index (κ3) is 4.66. The molecule has 2 aromatic carbocycles. The zero-order valence-electron chi connectivity index (χ0n) is 15.9. The quantitative estimate of drug-likeness (QED) is 0.646. The van der Waals surface area contributed by atoms with E-state index in [4.69, 9.17) is 4.74 Å². The van der Waals surface area contributed by atoms with Gasteiger partial charge in [0.15, 0.2) is 5.75 Å². The number of carbonyl (C=O) groups excluding carboxylic acids is 2. The molecule has 5 nitrogen and oxygen atoms in total. The maximum atomic E-state index is 12.8. The van der Waals surface area contributed by atoms with Gasteiger partial charge >= 0.3 is 0 Å². The molecule has 3 aromatic rings. The van der Waals surface area contributed by atoms with Gasteiger partial charge in [0.2, 0.25) is 5.91 Å². The molecule has 1 aromatic heterocycles. The molecule has 1 N–H and O–H groups in total. The smallest absolute Gasteiger partial charge is 0.263 e. The number of likely N-dealkylation sites (tertiary alicyclic amines) is 1. The van der Waals surface area contributed by atoms with Crippen LogP contribution < -0.4 is 10.1 Å². The van der Waals surface area contributed by atoms with E-state index in [0.29, 0.717) is 37.4 Å². The summed E-state index contributed by atoms with van der Waals surface area (Å²) >= 11 is 1.45. The van der Waals surface area contributed by atoms with Crippen LogP contribution in [0.2, 0.25) is 0 Å². The summed E-state index contributed by atoms with van der Waals surface area (Å²) < 4.78 is 5.92. The average Bonchev–Trinajstić information content (AvgIpc) is 3.30. The van der Waals surface area contributed by atoms with Gasteiger partial charge in [-0.1, -0.05) is 36.4 Å². The third-order valence-electron chi connectivity index (χ3n) is 5.00. The van der Waals surface area contributed by atoms with E-state index in [-0.39, 0.29) is 17.7 Å². The highest BCUT2D eigenvalue weighted by Crippen LogP contribution is 2.30. The largest absolute Gasteiger partial charge is 0.455 e. The first-order valence-electron chi connectivity index (χ1n) is 9.66. The highest BCUT2D eigenvalue weighted by molar-refractivity contribution is 7.12. The van der Waals surface area contributed by atoms with Crippen LogP contribution in [0.3, 0.4) is 0 Å². The van der Waals surface area contributed by atoms with Gasteiger partial charge in [0, 0.05) is 19.0 Å². The van der Waals surface area contributed by atoms with Crippen molar-refractivity contribution in [2.45, 2.75) is 12.8 Å². The van der Waals surface area contributed by atoms with Gasteiger partial charge in [-0.3, -0.25) is 9.59 Å². The summed E-state index contributed by atoms with van der Waals surface area (Å²) in [6.07, 6.45) is 1.31. The van der Waals surface area contributed by atoms with Crippen molar-refractivity contribution < 1.29 is 14.3 Å². The Morgan fingerprint density at radius 2 is 1.66 bits per heavy atom. The van der Waals surface area contributed by atoms with E-state index < -0.39 is 0 Å². The Kier molecular flexibility index (Phi) is 5.91. The van der Waals surface area contributed by atoms with E-state index in [1.807, 2.05) is 77.0 Å². The lowest BCUT2D eigenvalue weighted by Gasteiger charge is -2.31. The van der Waals surface area contributed by atoms with Gasteiger partial charge in [-0.25, -0.2) is 0 Å². The lowest BCUT2D eigenvalue weighted by molar-refractivity contribution is -0.121. The molecule has 0 aliphatic carbocycles. The molecule has 0 bridgehead atoms. The molecule has 1 fully saturated rings. The molecule has 0 spiro atoms. The topological polar surface area (TPSA) is 58.6 Å². The molecule has 0 unspecified atom stereocenters. The molecule has 6 heteroatoms. The van der Waals surface area contributed by atoms with Gasteiger partial charge in [0.25, 0.3) is 5.91 Å². The van der Waals surface area contributed by atoms with Crippen LogP contribution in [0.25, 0.3) is 0 Å². The molecule has 0 atom stereocenters. The summed E-state index contributed by atoms with van der Waals surface area (Å²) in [5.74, 6) is 1.23. The summed E-state index contributed by atoms with van der Waals surface area (Å²) in [4.78, 5) is 27.9. The first-order valence-corrected chi connectivity index (χ1v) is 10.5. The Morgan fingerprint density at radius 1 is 0.931 bits per heavy atom. The fraction of sp³-hybridized carbons (Fsp3) is 0.217. The SMILES string of the molecule is O=C(Nc1ccccc1Oc1ccccc1)C1CCN(C(=O)c2cccs2)CC1. The minimum absolute atomic E-state index is 0.0302. The summed E-state index contributed by atoms with van der Waals surface area (Å²) in [5, 5.41) is 4.91. The second-order valence-electron chi connectivity index (χ2n) is 6.94. The van der Waals surface area contributed by atoms with Crippen LogP contribution in [0.5, 0.6) is 11.5 Å². The number of thiophene rings is 1. The van der Waals surface area contributed by atoms with Crippen LogP contribution in [0.15, 0.2) is 72.1 Å². The Morgan fingerprint density at radius 3 is 2.38 bits per heavy atom. The van der Waals surface area contributed by atoms with Crippen molar-refractivity contribution in [2.24, 2.45) is 5.92 Å². The molecule has 0 saturated carbocycles. The second-order valence-corrected chi connectivity index (χ2v) is 7.89. The van der Waals surface area contributed by atoms with Gasteiger partial charge in [-0.05, 0) is 48.6 Å². The molecular weight excluding hydrogens is 384 g/mol. The third-order valence-corrected chi connectivity index (χ3v) is 5.86. The maximum Gasteiger partial charge on any atom is 0.263 e. The molecule has 148 valence electrons. The summed E-state index contributed by atoms with van der Waals surface area (Å²) in [6, 6.07) is 20.6. The van der Waals surface area contributed by atoms with E-state index in [1.54, 1.807) is 0 Å². The molecule has 1 saturated heterocycles. The first kappa shape index (κ1) is 19.2. The summed E-state index contributed by atoms with van der Waals surface area (Å²) in [6.45, 7) is 1.19.